The van der Waals surface area contributed by atoms with Crippen LogP contribution in [0.15, 0.2) is 5.16 Å². The summed E-state index contributed by atoms with van der Waals surface area (Å²) in [5.41, 5.74) is 0.707. The molecule has 102 valence electrons. The van der Waals surface area contributed by atoms with Crippen molar-refractivity contribution in [1.82, 2.24) is 4.90 Å². The first-order valence-electron chi connectivity index (χ1n) is 6.13. The minimum Gasteiger partial charge on any atom is -0.411 e. The van der Waals surface area contributed by atoms with Gasteiger partial charge in [0, 0.05) is 25.4 Å². The Labute approximate surface area is 107 Å². The van der Waals surface area contributed by atoms with Crippen LogP contribution in [0.5, 0.6) is 0 Å². The first kappa shape index (κ1) is 13.3. The summed E-state index contributed by atoms with van der Waals surface area (Å²) in [5, 5.41) is 12.0. The van der Waals surface area contributed by atoms with Gasteiger partial charge in [-0.05, 0) is 6.42 Å². The van der Waals surface area contributed by atoms with Crippen molar-refractivity contribution >= 4 is 21.5 Å². The van der Waals surface area contributed by atoms with E-state index in [9.17, 15) is 13.2 Å². The number of sulfone groups is 1. The fraction of sp³-hybridized carbons (Fsp3) is 0.818. The topological polar surface area (TPSA) is 87.0 Å². The molecule has 18 heavy (non-hydrogen) atoms. The highest BCUT2D eigenvalue weighted by Crippen LogP contribution is 2.23. The van der Waals surface area contributed by atoms with Gasteiger partial charge in [-0.3, -0.25) is 4.79 Å². The van der Waals surface area contributed by atoms with E-state index in [4.69, 9.17) is 5.21 Å². The molecule has 2 saturated heterocycles. The molecule has 6 nitrogen and oxygen atoms in total. The molecule has 0 spiro atoms. The third kappa shape index (κ3) is 2.66. The molecular formula is C11H18N2O4S. The zero-order valence-electron chi connectivity index (χ0n) is 10.4. The Balaban J connectivity index is 1.99. The van der Waals surface area contributed by atoms with E-state index in [1.54, 1.807) is 4.90 Å². The fourth-order valence-corrected chi connectivity index (χ4v) is 4.35. The lowest BCUT2D eigenvalue weighted by Gasteiger charge is -2.33. The van der Waals surface area contributed by atoms with Gasteiger partial charge in [0.25, 0.3) is 0 Å². The van der Waals surface area contributed by atoms with Crippen molar-refractivity contribution in [3.63, 3.8) is 0 Å². The molecule has 2 unspecified atom stereocenters. The van der Waals surface area contributed by atoms with E-state index in [1.165, 1.54) is 0 Å². The standard InChI is InChI=1S/C11H18N2O4S/c1-8-6-13(4-2-10(8)12-15)11(14)9-3-5-18(16,17)7-9/h8-9,15H,2-7H2,1H3. The van der Waals surface area contributed by atoms with Crippen molar-refractivity contribution in [2.45, 2.75) is 19.8 Å². The molecule has 0 saturated carbocycles. The molecule has 2 aliphatic heterocycles. The average molecular weight is 274 g/mol. The predicted octanol–water partition coefficient (Wildman–Crippen LogP) is 0.120. The third-order valence-electron chi connectivity index (χ3n) is 3.72. The molecule has 2 fully saturated rings. The SMILES string of the molecule is CC1CN(C(=O)C2CCS(=O)(=O)C2)CCC1=NO. The number of carbonyl (C=O) groups is 1. The van der Waals surface area contributed by atoms with Crippen molar-refractivity contribution in [1.29, 1.82) is 0 Å². The van der Waals surface area contributed by atoms with Crippen molar-refractivity contribution in [2.75, 3.05) is 24.6 Å². The molecule has 0 bridgehead atoms. The van der Waals surface area contributed by atoms with Gasteiger partial charge in [-0.1, -0.05) is 12.1 Å². The van der Waals surface area contributed by atoms with E-state index < -0.39 is 9.84 Å². The van der Waals surface area contributed by atoms with Crippen LogP contribution < -0.4 is 0 Å². The minimum absolute atomic E-state index is 0.0162. The van der Waals surface area contributed by atoms with Crippen LogP contribution in [0.3, 0.4) is 0 Å². The lowest BCUT2D eigenvalue weighted by atomic mass is 9.96. The van der Waals surface area contributed by atoms with Crippen LogP contribution in [-0.2, 0) is 14.6 Å². The third-order valence-corrected chi connectivity index (χ3v) is 5.49. The highest BCUT2D eigenvalue weighted by Gasteiger charge is 2.37. The van der Waals surface area contributed by atoms with Crippen LogP contribution in [-0.4, -0.2) is 54.7 Å². The molecule has 0 aromatic carbocycles. The second kappa shape index (κ2) is 4.87. The lowest BCUT2D eigenvalue weighted by Crippen LogP contribution is -2.46. The van der Waals surface area contributed by atoms with Crippen LogP contribution in [0.4, 0.5) is 0 Å². The summed E-state index contributed by atoms with van der Waals surface area (Å²) in [6.07, 6.45) is 0.996. The maximum absolute atomic E-state index is 12.2. The predicted molar refractivity (Wildman–Crippen MR) is 66.3 cm³/mol. The van der Waals surface area contributed by atoms with Crippen molar-refractivity contribution in [3.05, 3.63) is 0 Å². The molecular weight excluding hydrogens is 256 g/mol. The first-order valence-corrected chi connectivity index (χ1v) is 7.95. The molecule has 7 heteroatoms. The number of oxime groups is 1. The summed E-state index contributed by atoms with van der Waals surface area (Å²) in [6.45, 7) is 2.92. The smallest absolute Gasteiger partial charge is 0.226 e. The number of nitrogens with zero attached hydrogens (tertiary/aromatic N) is 2. The van der Waals surface area contributed by atoms with Crippen molar-refractivity contribution < 1.29 is 18.4 Å². The molecule has 2 aliphatic rings. The summed E-state index contributed by atoms with van der Waals surface area (Å²) < 4.78 is 22.7. The zero-order chi connectivity index (χ0) is 13.3. The maximum Gasteiger partial charge on any atom is 0.226 e. The van der Waals surface area contributed by atoms with Gasteiger partial charge in [-0.2, -0.15) is 0 Å². The molecule has 1 N–H and O–H groups in total. The van der Waals surface area contributed by atoms with Crippen LogP contribution >= 0.6 is 0 Å². The lowest BCUT2D eigenvalue weighted by molar-refractivity contribution is -0.135. The van der Waals surface area contributed by atoms with Crippen LogP contribution in [0.25, 0.3) is 0 Å². The van der Waals surface area contributed by atoms with E-state index in [0.717, 1.165) is 0 Å². The Bertz CT molecular complexity index is 471. The Hall–Kier alpha value is -1.11. The molecule has 1 amide bonds. The van der Waals surface area contributed by atoms with E-state index in [-0.39, 0.29) is 29.2 Å². The Kier molecular flexibility index (Phi) is 3.61. The van der Waals surface area contributed by atoms with E-state index in [2.05, 4.69) is 5.16 Å². The largest absolute Gasteiger partial charge is 0.411 e. The molecule has 2 atom stereocenters. The maximum atomic E-state index is 12.2. The Morgan fingerprint density at radius 3 is 2.72 bits per heavy atom. The summed E-state index contributed by atoms with van der Waals surface area (Å²) >= 11 is 0. The first-order chi connectivity index (χ1) is 8.43. The molecule has 2 rings (SSSR count). The van der Waals surface area contributed by atoms with E-state index >= 15 is 0 Å². The number of hydrogen-bond donors (Lipinski definition) is 1. The Morgan fingerprint density at radius 1 is 1.50 bits per heavy atom. The molecule has 0 aromatic rings. The van der Waals surface area contributed by atoms with Gasteiger partial charge in [0.05, 0.1) is 23.1 Å². The second-order valence-electron chi connectivity index (χ2n) is 5.13. The molecule has 0 aromatic heterocycles. The number of likely N-dealkylation sites (tertiary alicyclic amines) is 1. The summed E-state index contributed by atoms with van der Waals surface area (Å²) in [5.74, 6) is -0.311. The van der Waals surface area contributed by atoms with Crippen LogP contribution in [0.1, 0.15) is 19.8 Å². The van der Waals surface area contributed by atoms with E-state index in [0.29, 0.717) is 31.6 Å². The van der Waals surface area contributed by atoms with Crippen molar-refractivity contribution in [3.8, 4) is 0 Å². The van der Waals surface area contributed by atoms with Gasteiger partial charge in [0.1, 0.15) is 0 Å². The number of rotatable bonds is 1. The summed E-state index contributed by atoms with van der Waals surface area (Å²) in [7, 11) is -3.02. The number of carbonyl (C=O) groups excluding carboxylic acids is 1. The minimum atomic E-state index is -3.02. The highest BCUT2D eigenvalue weighted by molar-refractivity contribution is 7.91. The highest BCUT2D eigenvalue weighted by atomic mass is 32.2. The average Bonchev–Trinajstić information content (AvgIpc) is 2.68. The summed E-state index contributed by atoms with van der Waals surface area (Å²) in [4.78, 5) is 13.9. The molecule has 0 radical (unpaired) electrons. The number of amides is 1. The quantitative estimate of drug-likeness (QED) is 0.543. The van der Waals surface area contributed by atoms with E-state index in [1.807, 2.05) is 6.92 Å². The zero-order valence-corrected chi connectivity index (χ0v) is 11.2. The number of hydrogen-bond acceptors (Lipinski definition) is 5. The monoisotopic (exact) mass is 274 g/mol. The van der Waals surface area contributed by atoms with Gasteiger partial charge in [-0.25, -0.2) is 8.42 Å². The second-order valence-corrected chi connectivity index (χ2v) is 7.36. The number of piperidine rings is 1. The summed E-state index contributed by atoms with van der Waals surface area (Å²) in [6, 6.07) is 0. The van der Waals surface area contributed by atoms with Gasteiger partial charge in [0.15, 0.2) is 9.84 Å². The molecule has 2 heterocycles. The van der Waals surface area contributed by atoms with Gasteiger partial charge in [0.2, 0.25) is 5.91 Å². The van der Waals surface area contributed by atoms with Crippen LogP contribution in [0.2, 0.25) is 0 Å². The van der Waals surface area contributed by atoms with Gasteiger partial charge >= 0.3 is 0 Å². The van der Waals surface area contributed by atoms with Gasteiger partial charge < -0.3 is 10.1 Å². The normalized spacial score (nSPS) is 33.8. The van der Waals surface area contributed by atoms with Crippen molar-refractivity contribution in [2.24, 2.45) is 17.0 Å². The Morgan fingerprint density at radius 2 is 2.22 bits per heavy atom. The molecule has 0 aliphatic carbocycles. The van der Waals surface area contributed by atoms with Crippen LogP contribution in [0, 0.1) is 11.8 Å². The van der Waals surface area contributed by atoms with Gasteiger partial charge in [-0.15, -0.1) is 0 Å². The fourth-order valence-electron chi connectivity index (χ4n) is 2.62.